The lowest BCUT2D eigenvalue weighted by Gasteiger charge is -2.15. The lowest BCUT2D eigenvalue weighted by atomic mass is 10.1. The molecular formula is C30H30N2O6S. The second-order valence-corrected chi connectivity index (χ2v) is 10.5. The van der Waals surface area contributed by atoms with Gasteiger partial charge in [0, 0.05) is 30.1 Å². The summed E-state index contributed by atoms with van der Waals surface area (Å²) in [4.78, 5) is 12.1. The van der Waals surface area contributed by atoms with E-state index in [4.69, 9.17) is 9.47 Å². The van der Waals surface area contributed by atoms with E-state index in [1.165, 1.54) is 24.3 Å². The molecule has 202 valence electrons. The van der Waals surface area contributed by atoms with Gasteiger partial charge in [-0.2, -0.15) is 4.72 Å². The van der Waals surface area contributed by atoms with Crippen LogP contribution in [0.2, 0.25) is 0 Å². The zero-order valence-electron chi connectivity index (χ0n) is 21.8. The number of hydrogen-bond donors (Lipinski definition) is 2. The molecule has 8 nitrogen and oxygen atoms in total. The summed E-state index contributed by atoms with van der Waals surface area (Å²) >= 11 is 0. The van der Waals surface area contributed by atoms with Gasteiger partial charge in [-0.15, -0.1) is 5.92 Å². The van der Waals surface area contributed by atoms with Crippen LogP contribution in [0.5, 0.6) is 11.5 Å². The molecule has 0 saturated heterocycles. The Balaban J connectivity index is 1.54. The number of sulfonamides is 1. The van der Waals surface area contributed by atoms with Gasteiger partial charge in [0.15, 0.2) is 0 Å². The van der Waals surface area contributed by atoms with E-state index in [2.05, 4.69) is 16.6 Å². The van der Waals surface area contributed by atoms with Crippen LogP contribution in [-0.4, -0.2) is 43.3 Å². The van der Waals surface area contributed by atoms with Gasteiger partial charge >= 0.3 is 5.97 Å². The molecule has 0 unspecified atom stereocenters. The van der Waals surface area contributed by atoms with Crippen molar-refractivity contribution >= 4 is 26.9 Å². The maximum absolute atomic E-state index is 13.0. The van der Waals surface area contributed by atoms with Gasteiger partial charge in [0.1, 0.15) is 24.1 Å². The smallest absolute Gasteiger partial charge is 0.322 e. The van der Waals surface area contributed by atoms with Gasteiger partial charge in [0.05, 0.1) is 11.5 Å². The number of aliphatic carboxylic acids is 1. The van der Waals surface area contributed by atoms with Gasteiger partial charge in [-0.1, -0.05) is 36.3 Å². The monoisotopic (exact) mass is 546 g/mol. The summed E-state index contributed by atoms with van der Waals surface area (Å²) in [6.45, 7) is 4.97. The number of rotatable bonds is 12. The van der Waals surface area contributed by atoms with Crippen LogP contribution >= 0.6 is 0 Å². The molecule has 0 bridgehead atoms. The number of nitrogens with one attached hydrogen (secondary N) is 1. The molecule has 0 amide bonds. The number of carboxylic acids is 1. The number of ether oxygens (including phenoxy) is 2. The van der Waals surface area contributed by atoms with Gasteiger partial charge in [0.25, 0.3) is 0 Å². The fraction of sp³-hybridized carbons (Fsp3) is 0.233. The van der Waals surface area contributed by atoms with E-state index in [0.29, 0.717) is 18.9 Å². The predicted octanol–water partition coefficient (Wildman–Crippen LogP) is 4.46. The second-order valence-electron chi connectivity index (χ2n) is 8.78. The molecule has 1 aromatic heterocycles. The zero-order chi connectivity index (χ0) is 27.8. The standard InChI is InChI=1S/C30H30N2O6S/c1-3-5-18-38-25-14-16-26(17-15-25)39(35,36)31-28(30(33)34)19-23-21-32(29-9-7-6-8-27(23)29)20-22-10-12-24(13-11-22)37-4-2/h6-17,21,28,31H,4,18-20H2,1-2H3,(H,33,34)/t28-/m1/s1. The molecule has 0 fully saturated rings. The number of hydrogen-bond acceptors (Lipinski definition) is 5. The highest BCUT2D eigenvalue weighted by atomic mass is 32.2. The zero-order valence-corrected chi connectivity index (χ0v) is 22.6. The van der Waals surface area contributed by atoms with Crippen LogP contribution in [-0.2, 0) is 27.8 Å². The molecule has 0 aliphatic carbocycles. The Morgan fingerprint density at radius 2 is 1.67 bits per heavy atom. The maximum atomic E-state index is 13.0. The minimum Gasteiger partial charge on any atom is -0.494 e. The number of carbonyl (C=O) groups is 1. The van der Waals surface area contributed by atoms with Crippen molar-refractivity contribution in [1.29, 1.82) is 0 Å². The van der Waals surface area contributed by atoms with Gasteiger partial charge in [0.2, 0.25) is 10.0 Å². The summed E-state index contributed by atoms with van der Waals surface area (Å²) in [5.74, 6) is 5.47. The van der Waals surface area contributed by atoms with Crippen molar-refractivity contribution in [3.63, 3.8) is 0 Å². The van der Waals surface area contributed by atoms with Crippen LogP contribution in [0.1, 0.15) is 25.0 Å². The molecule has 0 spiro atoms. The molecule has 0 aliphatic rings. The van der Waals surface area contributed by atoms with E-state index >= 15 is 0 Å². The van der Waals surface area contributed by atoms with Crippen LogP contribution in [0.15, 0.2) is 83.9 Å². The van der Waals surface area contributed by atoms with Crippen molar-refractivity contribution in [2.75, 3.05) is 13.2 Å². The van der Waals surface area contributed by atoms with Crippen LogP contribution in [0.3, 0.4) is 0 Å². The second kappa shape index (κ2) is 12.5. The Kier molecular flexibility index (Phi) is 8.92. The van der Waals surface area contributed by atoms with Gasteiger partial charge in [-0.25, -0.2) is 8.42 Å². The molecule has 1 atom stereocenters. The third-order valence-electron chi connectivity index (χ3n) is 6.10. The summed E-state index contributed by atoms with van der Waals surface area (Å²) in [6.07, 6.45) is 1.86. The normalized spacial score (nSPS) is 11.9. The summed E-state index contributed by atoms with van der Waals surface area (Å²) in [5, 5.41) is 10.8. The van der Waals surface area contributed by atoms with Crippen molar-refractivity contribution < 1.29 is 27.8 Å². The number of para-hydroxylation sites is 1. The Bertz CT molecular complexity index is 1600. The van der Waals surface area contributed by atoms with Crippen molar-refractivity contribution in [2.45, 2.75) is 37.8 Å². The molecular weight excluding hydrogens is 516 g/mol. The van der Waals surface area contributed by atoms with E-state index in [0.717, 1.165) is 27.8 Å². The fourth-order valence-electron chi connectivity index (χ4n) is 4.23. The van der Waals surface area contributed by atoms with Crippen LogP contribution in [0.25, 0.3) is 10.9 Å². The summed E-state index contributed by atoms with van der Waals surface area (Å²) in [6, 6.07) is 19.9. The van der Waals surface area contributed by atoms with Crippen molar-refractivity contribution in [3.8, 4) is 23.3 Å². The Morgan fingerprint density at radius 3 is 2.33 bits per heavy atom. The molecule has 9 heteroatoms. The molecule has 3 aromatic carbocycles. The third-order valence-corrected chi connectivity index (χ3v) is 7.59. The average Bonchev–Trinajstić information content (AvgIpc) is 3.27. The highest BCUT2D eigenvalue weighted by Gasteiger charge is 2.27. The summed E-state index contributed by atoms with van der Waals surface area (Å²) in [7, 11) is -4.10. The van der Waals surface area contributed by atoms with E-state index in [9.17, 15) is 18.3 Å². The number of benzene rings is 3. The predicted molar refractivity (Wildman–Crippen MR) is 149 cm³/mol. The first-order valence-electron chi connectivity index (χ1n) is 12.5. The molecule has 4 rings (SSSR count). The first-order valence-corrected chi connectivity index (χ1v) is 13.9. The molecule has 0 saturated carbocycles. The quantitative estimate of drug-likeness (QED) is 0.254. The van der Waals surface area contributed by atoms with Crippen LogP contribution in [0.4, 0.5) is 0 Å². The van der Waals surface area contributed by atoms with Gasteiger partial charge in [-0.05, 0) is 67.4 Å². The largest absolute Gasteiger partial charge is 0.494 e. The van der Waals surface area contributed by atoms with Crippen molar-refractivity contribution in [3.05, 3.63) is 90.1 Å². The van der Waals surface area contributed by atoms with Crippen LogP contribution in [0, 0.1) is 11.8 Å². The van der Waals surface area contributed by atoms with E-state index < -0.39 is 22.0 Å². The highest BCUT2D eigenvalue weighted by Crippen LogP contribution is 2.25. The number of nitrogens with zero attached hydrogens (tertiary/aromatic N) is 1. The minimum atomic E-state index is -4.10. The Hall–Kier alpha value is -4.26. The maximum Gasteiger partial charge on any atom is 0.322 e. The molecule has 0 radical (unpaired) electrons. The van der Waals surface area contributed by atoms with Crippen molar-refractivity contribution in [2.24, 2.45) is 0 Å². The number of fused-ring (bicyclic) bond motifs is 1. The van der Waals surface area contributed by atoms with Gasteiger partial charge in [-0.3, -0.25) is 4.79 Å². The highest BCUT2D eigenvalue weighted by molar-refractivity contribution is 7.89. The number of aromatic nitrogens is 1. The van der Waals surface area contributed by atoms with Crippen LogP contribution < -0.4 is 14.2 Å². The Labute approximate surface area is 228 Å². The van der Waals surface area contributed by atoms with E-state index in [1.54, 1.807) is 6.92 Å². The molecule has 4 aromatic rings. The lowest BCUT2D eigenvalue weighted by Crippen LogP contribution is -2.42. The first-order chi connectivity index (χ1) is 18.8. The SMILES string of the molecule is CC#CCOc1ccc(S(=O)(=O)N[C@H](Cc2cn(Cc3ccc(OCC)cc3)c3ccccc23)C(=O)O)cc1. The lowest BCUT2D eigenvalue weighted by molar-refractivity contribution is -0.138. The number of carboxylic acid groups (broad SMARTS) is 1. The van der Waals surface area contributed by atoms with E-state index in [1.807, 2.05) is 66.2 Å². The Morgan fingerprint density at radius 1 is 1.00 bits per heavy atom. The summed E-state index contributed by atoms with van der Waals surface area (Å²) < 4.78 is 41.4. The fourth-order valence-corrected chi connectivity index (χ4v) is 5.42. The third kappa shape index (κ3) is 6.99. The molecule has 2 N–H and O–H groups in total. The first kappa shape index (κ1) is 27.8. The topological polar surface area (TPSA) is 107 Å². The average molecular weight is 547 g/mol. The van der Waals surface area contributed by atoms with Gasteiger partial charge < -0.3 is 19.1 Å². The minimum absolute atomic E-state index is 0.0256. The summed E-state index contributed by atoms with van der Waals surface area (Å²) in [5.41, 5.74) is 2.71. The molecule has 0 aliphatic heterocycles. The molecule has 39 heavy (non-hydrogen) atoms. The van der Waals surface area contributed by atoms with E-state index in [-0.39, 0.29) is 17.9 Å². The van der Waals surface area contributed by atoms with Crippen molar-refractivity contribution in [1.82, 2.24) is 9.29 Å². The molecule has 1 heterocycles.